The normalized spacial score (nSPS) is 16.0. The van der Waals surface area contributed by atoms with E-state index in [1.54, 1.807) is 0 Å². The van der Waals surface area contributed by atoms with E-state index in [1.807, 2.05) is 0 Å². The van der Waals surface area contributed by atoms with Gasteiger partial charge in [-0.1, -0.05) is 39.9 Å². The highest BCUT2D eigenvalue weighted by Gasteiger charge is 2.11. The molecule has 0 bridgehead atoms. The van der Waals surface area contributed by atoms with Crippen molar-refractivity contribution in [1.29, 1.82) is 0 Å². The summed E-state index contributed by atoms with van der Waals surface area (Å²) in [6.07, 6.45) is 1.33. The Morgan fingerprint density at radius 2 is 1.75 bits per heavy atom. The van der Waals surface area contributed by atoms with Gasteiger partial charge < -0.3 is 0 Å². The summed E-state index contributed by atoms with van der Waals surface area (Å²) >= 11 is 0. The molecule has 0 radical (unpaired) electrons. The summed E-state index contributed by atoms with van der Waals surface area (Å²) in [5, 5.41) is 0. The molecule has 0 saturated heterocycles. The third kappa shape index (κ3) is 6.06. The van der Waals surface area contributed by atoms with E-state index in [0.717, 1.165) is 5.82 Å². The lowest BCUT2D eigenvalue weighted by Crippen LogP contribution is -2.07. The third-order valence-electron chi connectivity index (χ3n) is 1.02. The molecule has 0 nitrogen and oxygen atoms in total. The predicted molar refractivity (Wildman–Crippen MR) is 42.0 cm³/mol. The first-order valence-corrected chi connectivity index (χ1v) is 3.42. The minimum Gasteiger partial charge on any atom is -0.0720 e. The minimum atomic E-state index is 0.522. The summed E-state index contributed by atoms with van der Waals surface area (Å²) in [4.78, 5) is 0. The van der Waals surface area contributed by atoms with Crippen molar-refractivity contribution in [3.63, 3.8) is 0 Å². The summed E-state index contributed by atoms with van der Waals surface area (Å²) < 4.78 is 0. The summed E-state index contributed by atoms with van der Waals surface area (Å²) in [5.74, 6) is 0.843. The Labute approximate surface area is 54.1 Å². The van der Waals surface area contributed by atoms with Crippen molar-refractivity contribution >= 4 is 7.85 Å². The molecule has 0 heterocycles. The quantitative estimate of drug-likeness (QED) is 0.454. The lowest BCUT2D eigenvalue weighted by molar-refractivity contribution is 0.373. The zero-order valence-corrected chi connectivity index (χ0v) is 6.78. The van der Waals surface area contributed by atoms with Gasteiger partial charge in [0, 0.05) is 0 Å². The molecular weight excluding hydrogens is 94.9 g/mol. The van der Waals surface area contributed by atoms with Crippen LogP contribution < -0.4 is 0 Å². The summed E-state index contributed by atoms with van der Waals surface area (Å²) in [6, 6.07) is 0. The molecule has 0 aliphatic heterocycles. The van der Waals surface area contributed by atoms with E-state index >= 15 is 0 Å². The molecular formula is C7H17B. The zero-order valence-electron chi connectivity index (χ0n) is 6.78. The van der Waals surface area contributed by atoms with Gasteiger partial charge in [0.15, 0.2) is 0 Å². The fraction of sp³-hybridized carbons (Fsp3) is 1.00. The lowest BCUT2D eigenvalue weighted by atomic mass is 9.76. The largest absolute Gasteiger partial charge is 0.105 e. The Hall–Kier alpha value is 0.0649. The van der Waals surface area contributed by atoms with E-state index in [-0.39, 0.29) is 0 Å². The van der Waals surface area contributed by atoms with Crippen LogP contribution in [0.25, 0.3) is 0 Å². The molecule has 0 aromatic rings. The van der Waals surface area contributed by atoms with Crippen LogP contribution in [0.2, 0.25) is 5.82 Å². The van der Waals surface area contributed by atoms with Crippen molar-refractivity contribution in [3.8, 4) is 0 Å². The highest BCUT2D eigenvalue weighted by Crippen LogP contribution is 2.24. The molecule has 0 saturated carbocycles. The Balaban J connectivity index is 3.39. The molecule has 1 unspecified atom stereocenters. The number of rotatable bonds is 1. The van der Waals surface area contributed by atoms with Crippen LogP contribution in [0.5, 0.6) is 0 Å². The smallest absolute Gasteiger partial charge is 0.0720 e. The Bertz CT molecular complexity index is 59.3. The van der Waals surface area contributed by atoms with E-state index in [9.17, 15) is 0 Å². The number of hydrogen-bond acceptors (Lipinski definition) is 0. The van der Waals surface area contributed by atoms with Crippen LogP contribution in [0, 0.1) is 5.41 Å². The van der Waals surface area contributed by atoms with E-state index < -0.39 is 0 Å². The average Bonchev–Trinajstić information content (AvgIpc) is 1.21. The topological polar surface area (TPSA) is 0 Å². The third-order valence-corrected chi connectivity index (χ3v) is 1.02. The van der Waals surface area contributed by atoms with Gasteiger partial charge in [-0.2, -0.15) is 0 Å². The van der Waals surface area contributed by atoms with Gasteiger partial charge in [-0.05, 0) is 5.41 Å². The van der Waals surface area contributed by atoms with Crippen LogP contribution in [0.4, 0.5) is 0 Å². The van der Waals surface area contributed by atoms with Gasteiger partial charge in [-0.25, -0.2) is 0 Å². The molecule has 0 N–H and O–H groups in total. The van der Waals surface area contributed by atoms with Gasteiger partial charge in [0.1, 0.15) is 7.85 Å². The van der Waals surface area contributed by atoms with Crippen molar-refractivity contribution in [2.45, 2.75) is 39.9 Å². The summed E-state index contributed by atoms with van der Waals surface area (Å²) in [7, 11) is 2.27. The van der Waals surface area contributed by atoms with Crippen LogP contribution >= 0.6 is 0 Å². The van der Waals surface area contributed by atoms with Crippen molar-refractivity contribution in [2.75, 3.05) is 0 Å². The fourth-order valence-electron chi connectivity index (χ4n) is 1.22. The lowest BCUT2D eigenvalue weighted by Gasteiger charge is -2.20. The first-order chi connectivity index (χ1) is 3.42. The van der Waals surface area contributed by atoms with Gasteiger partial charge in [0.05, 0.1) is 0 Å². The van der Waals surface area contributed by atoms with Crippen molar-refractivity contribution in [2.24, 2.45) is 5.41 Å². The van der Waals surface area contributed by atoms with E-state index in [0.29, 0.717) is 5.41 Å². The first kappa shape index (κ1) is 8.06. The van der Waals surface area contributed by atoms with Gasteiger partial charge in [0.2, 0.25) is 0 Å². The molecule has 0 aliphatic rings. The predicted octanol–water partition coefficient (Wildman–Crippen LogP) is 1.86. The van der Waals surface area contributed by atoms with Gasteiger partial charge in [-0.3, -0.25) is 0 Å². The highest BCUT2D eigenvalue weighted by molar-refractivity contribution is 6.11. The molecule has 48 valence electrons. The first-order valence-electron chi connectivity index (χ1n) is 3.42. The van der Waals surface area contributed by atoms with E-state index in [2.05, 4.69) is 35.5 Å². The van der Waals surface area contributed by atoms with Crippen LogP contribution in [0.15, 0.2) is 0 Å². The molecule has 8 heavy (non-hydrogen) atoms. The molecule has 0 aromatic heterocycles. The summed E-state index contributed by atoms with van der Waals surface area (Å²) in [5.41, 5.74) is 0.522. The minimum absolute atomic E-state index is 0.522. The molecule has 0 aliphatic carbocycles. The maximum atomic E-state index is 2.28. The van der Waals surface area contributed by atoms with Crippen LogP contribution in [0.1, 0.15) is 34.1 Å². The van der Waals surface area contributed by atoms with Crippen molar-refractivity contribution < 1.29 is 0 Å². The van der Waals surface area contributed by atoms with Gasteiger partial charge >= 0.3 is 0 Å². The second-order valence-corrected chi connectivity index (χ2v) is 4.16. The second kappa shape index (κ2) is 2.57. The van der Waals surface area contributed by atoms with Gasteiger partial charge in [0.25, 0.3) is 0 Å². The Kier molecular flexibility index (Phi) is 2.59. The standard InChI is InChI=1S/C7H17B/c1-6(8)5-7(2,3)4/h6H,5,8H2,1-4H3. The molecule has 0 amide bonds. The molecule has 1 atom stereocenters. The van der Waals surface area contributed by atoms with Crippen LogP contribution in [0.3, 0.4) is 0 Å². The van der Waals surface area contributed by atoms with Crippen molar-refractivity contribution in [1.82, 2.24) is 0 Å². The monoisotopic (exact) mass is 112 g/mol. The highest BCUT2D eigenvalue weighted by atomic mass is 14.1. The SMILES string of the molecule is BC(C)CC(C)(C)C. The van der Waals surface area contributed by atoms with Crippen LogP contribution in [-0.4, -0.2) is 7.85 Å². The van der Waals surface area contributed by atoms with E-state index in [1.165, 1.54) is 6.42 Å². The molecule has 0 rings (SSSR count). The second-order valence-electron chi connectivity index (χ2n) is 4.16. The maximum absolute atomic E-state index is 2.28. The average molecular weight is 112 g/mol. The zero-order chi connectivity index (χ0) is 6.78. The Morgan fingerprint density at radius 3 is 1.75 bits per heavy atom. The van der Waals surface area contributed by atoms with Gasteiger partial charge in [-0.15, -0.1) is 0 Å². The van der Waals surface area contributed by atoms with E-state index in [4.69, 9.17) is 0 Å². The van der Waals surface area contributed by atoms with Crippen LogP contribution in [-0.2, 0) is 0 Å². The molecule has 1 heteroatoms. The molecule has 0 spiro atoms. The molecule has 0 fully saturated rings. The number of hydrogen-bond donors (Lipinski definition) is 0. The molecule has 0 aromatic carbocycles. The summed E-state index contributed by atoms with van der Waals surface area (Å²) in [6.45, 7) is 9.12. The fourth-order valence-corrected chi connectivity index (χ4v) is 1.22. The Morgan fingerprint density at radius 1 is 1.38 bits per heavy atom. The van der Waals surface area contributed by atoms with Crippen molar-refractivity contribution in [3.05, 3.63) is 0 Å². The maximum Gasteiger partial charge on any atom is 0.105 e.